The number of amides is 1. The summed E-state index contributed by atoms with van der Waals surface area (Å²) >= 11 is 0. The first-order chi connectivity index (χ1) is 12.4. The Bertz CT molecular complexity index is 962. The second-order valence-electron chi connectivity index (χ2n) is 5.99. The first kappa shape index (κ1) is 16.4. The number of pyridine rings is 1. The second-order valence-corrected chi connectivity index (χ2v) is 5.99. The largest absolute Gasteiger partial charge is 0.573 e. The number of halogens is 3. The summed E-state index contributed by atoms with van der Waals surface area (Å²) in [5.74, 6) is -0.0813. The van der Waals surface area contributed by atoms with E-state index in [4.69, 9.17) is 0 Å². The number of hydrogen-bond donors (Lipinski definition) is 1. The first-order valence-corrected chi connectivity index (χ1v) is 7.91. The topological polar surface area (TPSA) is 68.5 Å². The highest BCUT2D eigenvalue weighted by atomic mass is 19.4. The summed E-state index contributed by atoms with van der Waals surface area (Å²) in [4.78, 5) is 12.2. The second kappa shape index (κ2) is 6.01. The SMILES string of the molecule is O=C(NC1CC1)c1ccc2nnc(-c3ccc(OC(F)(F)F)cc3)n2c1. The summed E-state index contributed by atoms with van der Waals surface area (Å²) in [6.07, 6.45) is -1.16. The normalized spacial score (nSPS) is 14.4. The maximum absolute atomic E-state index is 12.3. The molecule has 1 aliphatic carbocycles. The zero-order valence-corrected chi connectivity index (χ0v) is 13.3. The molecule has 0 atom stereocenters. The van der Waals surface area contributed by atoms with E-state index >= 15 is 0 Å². The molecule has 1 fully saturated rings. The molecule has 2 aromatic heterocycles. The molecule has 4 rings (SSSR count). The van der Waals surface area contributed by atoms with Gasteiger partial charge in [0.1, 0.15) is 5.75 Å². The Morgan fingerprint density at radius 3 is 2.50 bits per heavy atom. The van der Waals surface area contributed by atoms with Gasteiger partial charge in [-0.2, -0.15) is 0 Å². The van der Waals surface area contributed by atoms with Gasteiger partial charge in [0.15, 0.2) is 11.5 Å². The Kier molecular flexibility index (Phi) is 3.78. The molecule has 0 aliphatic heterocycles. The van der Waals surface area contributed by atoms with Gasteiger partial charge in [0.05, 0.1) is 5.56 Å². The molecule has 0 radical (unpaired) electrons. The summed E-state index contributed by atoms with van der Waals surface area (Å²) in [6, 6.07) is 8.87. The molecule has 3 aromatic rings. The van der Waals surface area contributed by atoms with Crippen molar-refractivity contribution in [2.45, 2.75) is 25.2 Å². The molecule has 1 N–H and O–H groups in total. The summed E-state index contributed by atoms with van der Waals surface area (Å²) in [5.41, 5.74) is 1.54. The minimum Gasteiger partial charge on any atom is -0.406 e. The number of fused-ring (bicyclic) bond motifs is 1. The molecule has 9 heteroatoms. The Balaban J connectivity index is 1.64. The molecule has 0 saturated heterocycles. The molecule has 1 amide bonds. The van der Waals surface area contributed by atoms with Crippen LogP contribution in [0.2, 0.25) is 0 Å². The molecular weight excluding hydrogens is 349 g/mol. The molecule has 134 valence electrons. The van der Waals surface area contributed by atoms with Gasteiger partial charge >= 0.3 is 6.36 Å². The van der Waals surface area contributed by atoms with E-state index in [1.165, 1.54) is 24.3 Å². The highest BCUT2D eigenvalue weighted by Gasteiger charge is 2.31. The van der Waals surface area contributed by atoms with Gasteiger partial charge < -0.3 is 10.1 Å². The number of carbonyl (C=O) groups excluding carboxylic acids is 1. The monoisotopic (exact) mass is 362 g/mol. The van der Waals surface area contributed by atoms with Gasteiger partial charge in [0.2, 0.25) is 0 Å². The number of rotatable bonds is 4. The smallest absolute Gasteiger partial charge is 0.406 e. The quantitative estimate of drug-likeness (QED) is 0.774. The maximum atomic E-state index is 12.3. The highest BCUT2D eigenvalue weighted by Crippen LogP contribution is 2.26. The number of aromatic nitrogens is 3. The number of hydrogen-bond acceptors (Lipinski definition) is 4. The predicted molar refractivity (Wildman–Crippen MR) is 85.6 cm³/mol. The fourth-order valence-electron chi connectivity index (χ4n) is 2.52. The molecular formula is C17H13F3N4O2. The number of nitrogens with zero attached hydrogens (tertiary/aromatic N) is 3. The van der Waals surface area contributed by atoms with E-state index in [9.17, 15) is 18.0 Å². The third-order valence-corrected chi connectivity index (χ3v) is 3.92. The lowest BCUT2D eigenvalue weighted by molar-refractivity contribution is -0.274. The lowest BCUT2D eigenvalue weighted by Crippen LogP contribution is -2.25. The average molecular weight is 362 g/mol. The van der Waals surface area contributed by atoms with Crippen molar-refractivity contribution in [2.75, 3.05) is 0 Å². The fourth-order valence-corrected chi connectivity index (χ4v) is 2.52. The van der Waals surface area contributed by atoms with Gasteiger partial charge in [-0.1, -0.05) is 0 Å². The zero-order chi connectivity index (χ0) is 18.3. The molecule has 1 aromatic carbocycles. The summed E-state index contributed by atoms with van der Waals surface area (Å²) < 4.78 is 42.2. The number of benzene rings is 1. The number of ether oxygens (including phenoxy) is 1. The predicted octanol–water partition coefficient (Wildman–Crippen LogP) is 3.19. The van der Waals surface area contributed by atoms with Crippen LogP contribution < -0.4 is 10.1 Å². The van der Waals surface area contributed by atoms with Crippen LogP contribution in [0.5, 0.6) is 5.75 Å². The van der Waals surface area contributed by atoms with Crippen LogP contribution >= 0.6 is 0 Å². The van der Waals surface area contributed by atoms with Crippen LogP contribution in [-0.2, 0) is 0 Å². The van der Waals surface area contributed by atoms with Crippen LogP contribution in [0.15, 0.2) is 42.6 Å². The molecule has 0 bridgehead atoms. The van der Waals surface area contributed by atoms with Crippen molar-refractivity contribution in [3.63, 3.8) is 0 Å². The van der Waals surface area contributed by atoms with E-state index in [1.54, 1.807) is 22.7 Å². The van der Waals surface area contributed by atoms with Crippen molar-refractivity contribution in [1.82, 2.24) is 19.9 Å². The van der Waals surface area contributed by atoms with Crippen LogP contribution in [0.1, 0.15) is 23.2 Å². The Labute approximate surface area is 145 Å². The van der Waals surface area contributed by atoms with Gasteiger partial charge in [-0.25, -0.2) is 0 Å². The lowest BCUT2D eigenvalue weighted by atomic mass is 10.2. The molecule has 1 saturated carbocycles. The lowest BCUT2D eigenvalue weighted by Gasteiger charge is -2.09. The maximum Gasteiger partial charge on any atom is 0.573 e. The zero-order valence-electron chi connectivity index (χ0n) is 13.3. The third kappa shape index (κ3) is 3.46. The van der Waals surface area contributed by atoms with E-state index in [0.717, 1.165) is 12.8 Å². The average Bonchev–Trinajstić information content (AvgIpc) is 3.30. The summed E-state index contributed by atoms with van der Waals surface area (Å²) in [7, 11) is 0. The van der Waals surface area contributed by atoms with Crippen LogP contribution in [0, 0.1) is 0 Å². The van der Waals surface area contributed by atoms with Crippen molar-refractivity contribution in [3.05, 3.63) is 48.2 Å². The van der Waals surface area contributed by atoms with Gasteiger partial charge in [0, 0.05) is 17.8 Å². The molecule has 2 heterocycles. The number of nitrogens with one attached hydrogen (secondary N) is 1. The minimum absolute atomic E-state index is 0.178. The van der Waals surface area contributed by atoms with Crippen LogP contribution in [0.25, 0.3) is 17.0 Å². The van der Waals surface area contributed by atoms with E-state index in [2.05, 4.69) is 20.3 Å². The molecule has 0 spiro atoms. The summed E-state index contributed by atoms with van der Waals surface area (Å²) in [6.45, 7) is 0. The standard InChI is InChI=1S/C17H13F3N4O2/c18-17(19,20)26-13-6-1-10(2-7-13)15-23-22-14-8-3-11(9-24(14)15)16(25)21-12-4-5-12/h1-3,6-9,12H,4-5H2,(H,21,25). The van der Waals surface area contributed by atoms with Crippen molar-refractivity contribution in [1.29, 1.82) is 0 Å². The summed E-state index contributed by atoms with van der Waals surface area (Å²) in [5, 5.41) is 11.0. The fraction of sp³-hybridized carbons (Fsp3) is 0.235. The van der Waals surface area contributed by atoms with Gasteiger partial charge in [-0.05, 0) is 49.2 Å². The molecule has 26 heavy (non-hydrogen) atoms. The molecule has 6 nitrogen and oxygen atoms in total. The number of carbonyl (C=O) groups is 1. The molecule has 1 aliphatic rings. The van der Waals surface area contributed by atoms with Crippen molar-refractivity contribution < 1.29 is 22.7 Å². The van der Waals surface area contributed by atoms with Crippen molar-refractivity contribution in [2.24, 2.45) is 0 Å². The van der Waals surface area contributed by atoms with Crippen LogP contribution in [0.3, 0.4) is 0 Å². The van der Waals surface area contributed by atoms with E-state index in [-0.39, 0.29) is 17.7 Å². The van der Waals surface area contributed by atoms with Crippen molar-refractivity contribution in [3.8, 4) is 17.1 Å². The van der Waals surface area contributed by atoms with E-state index < -0.39 is 6.36 Å². The van der Waals surface area contributed by atoms with E-state index in [1.807, 2.05) is 0 Å². The first-order valence-electron chi connectivity index (χ1n) is 7.91. The third-order valence-electron chi connectivity index (χ3n) is 3.92. The van der Waals surface area contributed by atoms with E-state index in [0.29, 0.717) is 22.6 Å². The van der Waals surface area contributed by atoms with Crippen LogP contribution in [-0.4, -0.2) is 32.9 Å². The molecule has 0 unspecified atom stereocenters. The van der Waals surface area contributed by atoms with Gasteiger partial charge in [-0.15, -0.1) is 23.4 Å². The van der Waals surface area contributed by atoms with Gasteiger partial charge in [-0.3, -0.25) is 9.20 Å². The Hall–Kier alpha value is -3.10. The van der Waals surface area contributed by atoms with Gasteiger partial charge in [0.25, 0.3) is 5.91 Å². The minimum atomic E-state index is -4.74. The van der Waals surface area contributed by atoms with Crippen LogP contribution in [0.4, 0.5) is 13.2 Å². The Morgan fingerprint density at radius 2 is 1.85 bits per heavy atom. The van der Waals surface area contributed by atoms with Crippen molar-refractivity contribution >= 4 is 11.6 Å². The highest BCUT2D eigenvalue weighted by molar-refractivity contribution is 5.94. The number of alkyl halides is 3. The Morgan fingerprint density at radius 1 is 1.12 bits per heavy atom.